The van der Waals surface area contributed by atoms with E-state index in [9.17, 15) is 14.4 Å². The Morgan fingerprint density at radius 1 is 1.00 bits per heavy atom. The van der Waals surface area contributed by atoms with E-state index in [0.717, 1.165) is 27.5 Å². The molecule has 3 aromatic rings. The molecule has 1 fully saturated rings. The van der Waals surface area contributed by atoms with Gasteiger partial charge in [-0.3, -0.25) is 14.8 Å². The molecule has 0 atom stereocenters. The summed E-state index contributed by atoms with van der Waals surface area (Å²) in [6.07, 6.45) is -1.90. The number of fused-ring (bicyclic) bond motifs is 2. The highest BCUT2D eigenvalue weighted by Crippen LogP contribution is 2.21. The number of hydrazine groups is 1. The van der Waals surface area contributed by atoms with Gasteiger partial charge in [0.05, 0.1) is 11.0 Å². The number of nitrogens with zero attached hydrogens (tertiary/aromatic N) is 3. The molecule has 4 rings (SSSR count). The number of aromatic nitrogens is 1. The summed E-state index contributed by atoms with van der Waals surface area (Å²) in [6.45, 7) is 0. The van der Waals surface area contributed by atoms with Gasteiger partial charge in [-0.2, -0.15) is 5.01 Å². The minimum Gasteiger partial charge on any atom is -0.462 e. The van der Waals surface area contributed by atoms with Crippen molar-refractivity contribution >= 4 is 45.4 Å². The van der Waals surface area contributed by atoms with E-state index in [1.807, 2.05) is 36.4 Å². The van der Waals surface area contributed by atoms with E-state index in [2.05, 4.69) is 17.1 Å². The molecule has 0 aliphatic carbocycles. The Morgan fingerprint density at radius 2 is 1.63 bits per heavy atom. The lowest BCUT2D eigenvalue weighted by Gasteiger charge is -2.19. The van der Waals surface area contributed by atoms with Crippen LogP contribution < -0.4 is 5.73 Å². The normalized spacial score (nSPS) is 13.6. The lowest BCUT2D eigenvalue weighted by atomic mass is 10.1. The summed E-state index contributed by atoms with van der Waals surface area (Å²) in [6, 6.07) is 16.0. The van der Waals surface area contributed by atoms with Crippen LogP contribution in [-0.4, -0.2) is 43.4 Å². The maximum absolute atomic E-state index is 10.8. The number of carbonyl (C=O) groups is 3. The fraction of sp³-hybridized carbons (Fsp3) is 0.111. The number of hydrogen-bond acceptors (Lipinski definition) is 6. The third-order valence-corrected chi connectivity index (χ3v) is 3.93. The van der Waals surface area contributed by atoms with Crippen molar-refractivity contribution in [3.8, 4) is 0 Å². The molecule has 1 aliphatic heterocycles. The largest absolute Gasteiger partial charge is 0.462 e. The zero-order valence-corrected chi connectivity index (χ0v) is 14.1. The van der Waals surface area contributed by atoms with E-state index < -0.39 is 23.1 Å². The van der Waals surface area contributed by atoms with Gasteiger partial charge in [0.1, 0.15) is 0 Å². The Kier molecular flexibility index (Phi) is 4.86. The molecule has 27 heavy (non-hydrogen) atoms. The number of para-hydroxylation sites is 1. The first-order valence-corrected chi connectivity index (χ1v) is 7.99. The molecule has 0 radical (unpaired) electrons. The van der Waals surface area contributed by atoms with Crippen molar-refractivity contribution in [2.24, 2.45) is 0 Å². The second kappa shape index (κ2) is 7.26. The third-order valence-electron chi connectivity index (χ3n) is 3.93. The molecule has 2 aromatic carbocycles. The van der Waals surface area contributed by atoms with Crippen LogP contribution in [-0.2, 0) is 9.59 Å². The van der Waals surface area contributed by atoms with Crippen molar-refractivity contribution in [2.75, 3.05) is 5.73 Å². The number of nitrogen functional groups attached to an aromatic ring is 1. The predicted octanol–water partition coefficient (Wildman–Crippen LogP) is 2.39. The summed E-state index contributed by atoms with van der Waals surface area (Å²) in [7, 11) is 0. The Hall–Kier alpha value is -3.72. The van der Waals surface area contributed by atoms with Crippen molar-refractivity contribution in [1.29, 1.82) is 0 Å². The number of carboxylic acid groups (broad SMARTS) is 1. The molecular formula is C18H16N4O5. The Morgan fingerprint density at radius 3 is 2.30 bits per heavy atom. The molecule has 0 spiro atoms. The summed E-state index contributed by atoms with van der Waals surface area (Å²) in [4.78, 5) is 36.2. The number of benzene rings is 2. The molecule has 2 heterocycles. The van der Waals surface area contributed by atoms with E-state index in [1.54, 1.807) is 0 Å². The van der Waals surface area contributed by atoms with Gasteiger partial charge in [0, 0.05) is 29.3 Å². The first kappa shape index (κ1) is 18.1. The standard InChI is InChI=1S/C13H10N2.C5H6N2O5/c14-11-5-6-13-10(8-11)7-9-3-1-2-4-12(9)15-13;8-3-1-2-4(9)6(3)7(12)5(10)11/h1-8H,14H2;12H,1-2H2,(H,10,11). The van der Waals surface area contributed by atoms with Gasteiger partial charge in [0.25, 0.3) is 11.8 Å². The predicted molar refractivity (Wildman–Crippen MR) is 96.4 cm³/mol. The van der Waals surface area contributed by atoms with Gasteiger partial charge in [0.15, 0.2) is 0 Å². The van der Waals surface area contributed by atoms with Crippen molar-refractivity contribution < 1.29 is 24.7 Å². The molecule has 4 N–H and O–H groups in total. The van der Waals surface area contributed by atoms with Crippen molar-refractivity contribution in [3.63, 3.8) is 0 Å². The summed E-state index contributed by atoms with van der Waals surface area (Å²) < 4.78 is 0. The Balaban J connectivity index is 0.000000161. The Bertz CT molecular complexity index is 1040. The van der Waals surface area contributed by atoms with E-state index in [4.69, 9.17) is 16.0 Å². The quantitative estimate of drug-likeness (QED) is 0.197. The van der Waals surface area contributed by atoms with E-state index in [-0.39, 0.29) is 17.9 Å². The van der Waals surface area contributed by atoms with Crippen LogP contribution in [0.2, 0.25) is 0 Å². The molecule has 1 aliphatic rings. The molecule has 0 saturated carbocycles. The average Bonchev–Trinajstić information content (AvgIpc) is 2.98. The number of hydroxylamine groups is 1. The maximum atomic E-state index is 10.8. The van der Waals surface area contributed by atoms with Crippen molar-refractivity contribution in [2.45, 2.75) is 12.8 Å². The summed E-state index contributed by atoms with van der Waals surface area (Å²) in [5.41, 5.74) is 8.53. The van der Waals surface area contributed by atoms with Gasteiger partial charge < -0.3 is 10.8 Å². The lowest BCUT2D eigenvalue weighted by molar-refractivity contribution is -0.209. The number of anilines is 1. The number of carbonyl (C=O) groups excluding carboxylic acids is 2. The first-order valence-electron chi connectivity index (χ1n) is 7.99. The molecule has 138 valence electrons. The minimum atomic E-state index is -1.77. The number of rotatable bonds is 1. The van der Waals surface area contributed by atoms with Crippen molar-refractivity contribution in [3.05, 3.63) is 48.5 Å². The van der Waals surface area contributed by atoms with Crippen LogP contribution in [0.25, 0.3) is 21.8 Å². The third kappa shape index (κ3) is 3.77. The SMILES string of the molecule is Nc1ccc2nc3ccccc3cc2c1.O=C(O)N(O)N1C(=O)CCC1=O. The minimum absolute atomic E-state index is 0.0663. The number of pyridine rings is 1. The summed E-state index contributed by atoms with van der Waals surface area (Å²) in [5.74, 6) is -1.44. The number of imide groups is 1. The second-order valence-corrected chi connectivity index (χ2v) is 5.80. The molecule has 1 aromatic heterocycles. The van der Waals surface area contributed by atoms with Crippen molar-refractivity contribution in [1.82, 2.24) is 15.2 Å². The van der Waals surface area contributed by atoms with Crippen LogP contribution in [0.3, 0.4) is 0 Å². The van der Waals surface area contributed by atoms with Gasteiger partial charge in [-0.25, -0.2) is 9.78 Å². The average molecular weight is 368 g/mol. The summed E-state index contributed by atoms with van der Waals surface area (Å²) in [5, 5.41) is 18.9. The monoisotopic (exact) mass is 368 g/mol. The lowest BCUT2D eigenvalue weighted by Crippen LogP contribution is -2.46. The van der Waals surface area contributed by atoms with E-state index in [0.29, 0.717) is 0 Å². The number of nitrogens with two attached hydrogens (primary N) is 1. The highest BCUT2D eigenvalue weighted by molar-refractivity contribution is 6.02. The van der Waals surface area contributed by atoms with Crippen LogP contribution >= 0.6 is 0 Å². The van der Waals surface area contributed by atoms with Crippen LogP contribution in [0.5, 0.6) is 0 Å². The van der Waals surface area contributed by atoms with Gasteiger partial charge >= 0.3 is 6.09 Å². The zero-order valence-electron chi connectivity index (χ0n) is 14.1. The highest BCUT2D eigenvalue weighted by atomic mass is 16.6. The van der Waals surface area contributed by atoms with Crippen LogP contribution in [0.15, 0.2) is 48.5 Å². The highest BCUT2D eigenvalue weighted by Gasteiger charge is 2.36. The summed E-state index contributed by atoms with van der Waals surface area (Å²) >= 11 is 0. The van der Waals surface area contributed by atoms with Gasteiger partial charge in [-0.15, -0.1) is 0 Å². The Labute approximate surface area is 153 Å². The maximum Gasteiger partial charge on any atom is 0.452 e. The van der Waals surface area contributed by atoms with Gasteiger partial charge in [0.2, 0.25) is 0 Å². The molecule has 9 heteroatoms. The van der Waals surface area contributed by atoms with E-state index >= 15 is 0 Å². The number of hydrogen-bond donors (Lipinski definition) is 3. The molecule has 1 saturated heterocycles. The zero-order chi connectivity index (χ0) is 19.6. The van der Waals surface area contributed by atoms with Crippen LogP contribution in [0.4, 0.5) is 10.5 Å². The van der Waals surface area contributed by atoms with E-state index in [1.165, 1.54) is 0 Å². The van der Waals surface area contributed by atoms with Gasteiger partial charge in [-0.1, -0.05) is 23.4 Å². The first-order chi connectivity index (χ1) is 12.9. The molecule has 0 bridgehead atoms. The molecule has 3 amide bonds. The van der Waals surface area contributed by atoms with Gasteiger partial charge in [-0.05, 0) is 30.3 Å². The smallest absolute Gasteiger partial charge is 0.452 e. The number of amides is 3. The second-order valence-electron chi connectivity index (χ2n) is 5.80. The molecular weight excluding hydrogens is 352 g/mol. The fourth-order valence-electron chi connectivity index (χ4n) is 2.66. The van der Waals surface area contributed by atoms with Crippen LogP contribution in [0, 0.1) is 0 Å². The molecule has 0 unspecified atom stereocenters. The van der Waals surface area contributed by atoms with Crippen LogP contribution in [0.1, 0.15) is 12.8 Å². The fourth-order valence-corrected chi connectivity index (χ4v) is 2.66. The molecule has 9 nitrogen and oxygen atoms in total. The topological polar surface area (TPSA) is 137 Å².